The number of carbonyl (C=O) groups is 1. The molecular weight excluding hydrogens is 326 g/mol. The molecule has 0 aliphatic carbocycles. The first kappa shape index (κ1) is 15.6. The monoisotopic (exact) mass is 337 g/mol. The molecular formula is C17H12ClN5O. The fraction of sp³-hybridized carbons (Fsp3) is 0. The van der Waals surface area contributed by atoms with E-state index in [1.54, 1.807) is 53.4 Å². The van der Waals surface area contributed by atoms with E-state index >= 15 is 0 Å². The van der Waals surface area contributed by atoms with Crippen molar-refractivity contribution in [3.05, 3.63) is 71.1 Å². The fourth-order valence-electron chi connectivity index (χ4n) is 2.25. The number of nitrogens with zero attached hydrogens (tertiary/aromatic N) is 3. The van der Waals surface area contributed by atoms with Crippen molar-refractivity contribution in [1.82, 2.24) is 9.55 Å². The van der Waals surface area contributed by atoms with Crippen LogP contribution in [0, 0.1) is 11.3 Å². The van der Waals surface area contributed by atoms with Gasteiger partial charge in [-0.05, 0) is 36.4 Å². The second kappa shape index (κ2) is 6.44. The van der Waals surface area contributed by atoms with Crippen molar-refractivity contribution < 1.29 is 4.79 Å². The third-order valence-electron chi connectivity index (χ3n) is 3.27. The predicted octanol–water partition coefficient (Wildman–Crippen LogP) is 3.23. The number of amides is 1. The number of anilines is 2. The molecule has 0 atom stereocenters. The van der Waals surface area contributed by atoms with E-state index in [1.807, 2.05) is 0 Å². The standard InChI is InChI=1S/C17H12ClN5O/c18-12-6-13(20)8-14(7-12)22-17(24)11-5-15(9-19)23(10-11)16-3-1-2-4-21-16/h1-8,10H,20H2,(H,22,24). The van der Waals surface area contributed by atoms with Gasteiger partial charge in [0.1, 0.15) is 17.6 Å². The number of hydrogen-bond acceptors (Lipinski definition) is 4. The van der Waals surface area contributed by atoms with Gasteiger partial charge in [0.05, 0.1) is 5.56 Å². The largest absolute Gasteiger partial charge is 0.399 e. The van der Waals surface area contributed by atoms with E-state index in [9.17, 15) is 10.1 Å². The number of hydrogen-bond donors (Lipinski definition) is 2. The Morgan fingerprint density at radius 1 is 1.29 bits per heavy atom. The van der Waals surface area contributed by atoms with E-state index in [0.29, 0.717) is 33.5 Å². The van der Waals surface area contributed by atoms with Crippen LogP contribution in [0.3, 0.4) is 0 Å². The number of rotatable bonds is 3. The van der Waals surface area contributed by atoms with E-state index < -0.39 is 0 Å². The predicted molar refractivity (Wildman–Crippen MR) is 92.1 cm³/mol. The SMILES string of the molecule is N#Cc1cc(C(=O)Nc2cc(N)cc(Cl)c2)cn1-c1ccccn1. The number of carbonyl (C=O) groups excluding carboxylic acids is 1. The van der Waals surface area contributed by atoms with E-state index in [4.69, 9.17) is 17.3 Å². The minimum absolute atomic E-state index is 0.310. The maximum absolute atomic E-state index is 12.4. The molecule has 6 nitrogen and oxygen atoms in total. The number of aromatic nitrogens is 2. The number of benzene rings is 1. The minimum Gasteiger partial charge on any atom is -0.399 e. The van der Waals surface area contributed by atoms with Crippen molar-refractivity contribution in [3.8, 4) is 11.9 Å². The lowest BCUT2D eigenvalue weighted by Crippen LogP contribution is -2.11. The Morgan fingerprint density at radius 3 is 2.79 bits per heavy atom. The van der Waals surface area contributed by atoms with Crippen molar-refractivity contribution in [2.45, 2.75) is 0 Å². The third kappa shape index (κ3) is 3.21. The molecule has 0 unspecified atom stereocenters. The van der Waals surface area contributed by atoms with Crippen LogP contribution in [-0.4, -0.2) is 15.5 Å². The molecule has 3 rings (SSSR count). The van der Waals surface area contributed by atoms with Crippen LogP contribution >= 0.6 is 11.6 Å². The molecule has 0 fully saturated rings. The lowest BCUT2D eigenvalue weighted by Gasteiger charge is -2.05. The van der Waals surface area contributed by atoms with Gasteiger partial charge in [0, 0.05) is 28.8 Å². The Morgan fingerprint density at radius 2 is 2.12 bits per heavy atom. The highest BCUT2D eigenvalue weighted by atomic mass is 35.5. The van der Waals surface area contributed by atoms with Gasteiger partial charge in [-0.1, -0.05) is 17.7 Å². The van der Waals surface area contributed by atoms with Crippen LogP contribution in [0.1, 0.15) is 16.1 Å². The van der Waals surface area contributed by atoms with Crippen molar-refractivity contribution >= 4 is 28.9 Å². The van der Waals surface area contributed by atoms with E-state index in [1.165, 1.54) is 6.07 Å². The number of nitrogen functional groups attached to an aromatic ring is 1. The summed E-state index contributed by atoms with van der Waals surface area (Å²) in [6.45, 7) is 0. The highest BCUT2D eigenvalue weighted by Gasteiger charge is 2.14. The number of nitriles is 1. The minimum atomic E-state index is -0.372. The van der Waals surface area contributed by atoms with Crippen LogP contribution in [0.15, 0.2) is 54.9 Å². The smallest absolute Gasteiger partial charge is 0.257 e. The Bertz CT molecular complexity index is 923. The second-order valence-electron chi connectivity index (χ2n) is 5.01. The zero-order valence-corrected chi connectivity index (χ0v) is 13.2. The van der Waals surface area contributed by atoms with Crippen molar-refractivity contribution in [3.63, 3.8) is 0 Å². The Balaban J connectivity index is 1.91. The molecule has 0 radical (unpaired) electrons. The summed E-state index contributed by atoms with van der Waals surface area (Å²) in [4.78, 5) is 16.6. The van der Waals surface area contributed by atoms with Gasteiger partial charge in [0.2, 0.25) is 0 Å². The molecule has 0 saturated carbocycles. The molecule has 0 saturated heterocycles. The Labute approximate surface area is 143 Å². The van der Waals surface area contributed by atoms with Crippen molar-refractivity contribution in [2.24, 2.45) is 0 Å². The summed E-state index contributed by atoms with van der Waals surface area (Å²) >= 11 is 5.92. The van der Waals surface area contributed by atoms with Gasteiger partial charge in [0.15, 0.2) is 0 Å². The summed E-state index contributed by atoms with van der Waals surface area (Å²) in [5.74, 6) is 0.183. The summed E-state index contributed by atoms with van der Waals surface area (Å²) in [5.41, 5.74) is 7.27. The number of halogens is 1. The van der Waals surface area contributed by atoms with Gasteiger partial charge in [-0.15, -0.1) is 0 Å². The number of nitrogens with one attached hydrogen (secondary N) is 1. The molecule has 0 spiro atoms. The molecule has 0 bridgehead atoms. The van der Waals surface area contributed by atoms with Gasteiger partial charge >= 0.3 is 0 Å². The lowest BCUT2D eigenvalue weighted by atomic mass is 10.2. The van der Waals surface area contributed by atoms with E-state index in [2.05, 4.69) is 16.4 Å². The molecule has 7 heteroatoms. The summed E-state index contributed by atoms with van der Waals surface area (Å²) in [7, 11) is 0. The lowest BCUT2D eigenvalue weighted by molar-refractivity contribution is 0.102. The van der Waals surface area contributed by atoms with Crippen LogP contribution in [0.2, 0.25) is 5.02 Å². The van der Waals surface area contributed by atoms with Crippen molar-refractivity contribution in [1.29, 1.82) is 5.26 Å². The molecule has 0 aliphatic heterocycles. The first-order valence-corrected chi connectivity index (χ1v) is 7.36. The van der Waals surface area contributed by atoms with Crippen LogP contribution in [0.4, 0.5) is 11.4 Å². The summed E-state index contributed by atoms with van der Waals surface area (Å²) in [6, 6.07) is 13.7. The van der Waals surface area contributed by atoms with Crippen LogP contribution in [0.25, 0.3) is 5.82 Å². The summed E-state index contributed by atoms with van der Waals surface area (Å²) in [6.07, 6.45) is 3.18. The molecule has 118 valence electrons. The first-order valence-electron chi connectivity index (χ1n) is 6.98. The maximum atomic E-state index is 12.4. The summed E-state index contributed by atoms with van der Waals surface area (Å²) < 4.78 is 1.56. The average Bonchev–Trinajstić information content (AvgIpc) is 2.99. The summed E-state index contributed by atoms with van der Waals surface area (Å²) in [5, 5.41) is 12.4. The molecule has 2 heterocycles. The average molecular weight is 338 g/mol. The Hall–Kier alpha value is -3.30. The molecule has 2 aromatic heterocycles. The van der Waals surface area contributed by atoms with Gasteiger partial charge in [0.25, 0.3) is 5.91 Å². The molecule has 0 aliphatic rings. The zero-order chi connectivity index (χ0) is 17.1. The highest BCUT2D eigenvalue weighted by molar-refractivity contribution is 6.31. The van der Waals surface area contributed by atoms with Crippen LogP contribution < -0.4 is 11.1 Å². The van der Waals surface area contributed by atoms with Gasteiger partial charge < -0.3 is 11.1 Å². The second-order valence-corrected chi connectivity index (χ2v) is 5.45. The molecule has 3 N–H and O–H groups in total. The maximum Gasteiger partial charge on any atom is 0.257 e. The normalized spacial score (nSPS) is 10.2. The van der Waals surface area contributed by atoms with E-state index in [-0.39, 0.29) is 5.91 Å². The molecule has 24 heavy (non-hydrogen) atoms. The Kier molecular flexibility index (Phi) is 4.18. The molecule has 3 aromatic rings. The van der Waals surface area contributed by atoms with E-state index in [0.717, 1.165) is 0 Å². The number of pyridine rings is 1. The first-order chi connectivity index (χ1) is 11.6. The zero-order valence-electron chi connectivity index (χ0n) is 12.4. The van der Waals surface area contributed by atoms with Crippen LogP contribution in [-0.2, 0) is 0 Å². The van der Waals surface area contributed by atoms with Gasteiger partial charge in [-0.25, -0.2) is 4.98 Å². The van der Waals surface area contributed by atoms with Gasteiger partial charge in [-0.2, -0.15) is 5.26 Å². The fourth-order valence-corrected chi connectivity index (χ4v) is 2.49. The number of nitrogens with two attached hydrogens (primary N) is 1. The molecule has 1 aromatic carbocycles. The van der Waals surface area contributed by atoms with Gasteiger partial charge in [-0.3, -0.25) is 9.36 Å². The van der Waals surface area contributed by atoms with Crippen molar-refractivity contribution in [2.75, 3.05) is 11.1 Å². The topological polar surface area (TPSA) is 96.7 Å². The van der Waals surface area contributed by atoms with Crippen LogP contribution in [0.5, 0.6) is 0 Å². The third-order valence-corrected chi connectivity index (χ3v) is 3.49. The molecule has 1 amide bonds. The quantitative estimate of drug-likeness (QED) is 0.717. The highest BCUT2D eigenvalue weighted by Crippen LogP contribution is 2.21.